The highest BCUT2D eigenvalue weighted by Gasteiger charge is 2.16. The van der Waals surface area contributed by atoms with Gasteiger partial charge in [0.15, 0.2) is 0 Å². The summed E-state index contributed by atoms with van der Waals surface area (Å²) < 4.78 is 5.40. The second-order valence-corrected chi connectivity index (χ2v) is 3.50. The number of pyridine rings is 1. The fraction of sp³-hybridized carbons (Fsp3) is 0.455. The number of nitrogens with zero attached hydrogens (tertiary/aromatic N) is 1. The molecule has 1 amide bonds. The summed E-state index contributed by atoms with van der Waals surface area (Å²) in [4.78, 5) is 15.4. The zero-order valence-corrected chi connectivity index (χ0v) is 8.40. The molecule has 1 radical (unpaired) electrons. The topological polar surface area (TPSA) is 51.2 Å². The molecule has 1 aliphatic heterocycles. The molecule has 4 nitrogen and oxygen atoms in total. The van der Waals surface area contributed by atoms with Gasteiger partial charge in [-0.2, -0.15) is 0 Å². The van der Waals surface area contributed by atoms with Crippen molar-refractivity contribution >= 4 is 5.91 Å². The molecule has 1 aromatic heterocycles. The third kappa shape index (κ3) is 2.76. The lowest BCUT2D eigenvalue weighted by Gasteiger charge is -2.10. The molecule has 2 heterocycles. The van der Waals surface area contributed by atoms with Crippen LogP contribution in [0.2, 0.25) is 0 Å². The second kappa shape index (κ2) is 4.89. The average molecular weight is 205 g/mol. The molecule has 2 rings (SSSR count). The predicted octanol–water partition coefficient (Wildman–Crippen LogP) is 0.791. The van der Waals surface area contributed by atoms with Gasteiger partial charge in [-0.15, -0.1) is 0 Å². The highest BCUT2D eigenvalue weighted by Crippen LogP contribution is 2.10. The number of carbonyl (C=O) groups excluding carboxylic acids is 1. The second-order valence-electron chi connectivity index (χ2n) is 3.50. The third-order valence-corrected chi connectivity index (χ3v) is 2.38. The minimum absolute atomic E-state index is 0.118. The van der Waals surface area contributed by atoms with Crippen molar-refractivity contribution in [1.82, 2.24) is 10.3 Å². The van der Waals surface area contributed by atoms with Crippen molar-refractivity contribution in [1.29, 1.82) is 0 Å². The molecule has 79 valence electrons. The number of nitrogens with one attached hydrogen (secondary N) is 1. The van der Waals surface area contributed by atoms with Crippen LogP contribution in [-0.2, 0) is 4.74 Å². The Bertz CT molecular complexity index is 321. The summed E-state index contributed by atoms with van der Waals surface area (Å²) in [5.41, 5.74) is 0.517. The molecule has 1 N–H and O–H groups in total. The van der Waals surface area contributed by atoms with E-state index in [1.165, 1.54) is 6.20 Å². The van der Waals surface area contributed by atoms with E-state index in [0.717, 1.165) is 19.4 Å². The smallest absolute Gasteiger partial charge is 0.252 e. The van der Waals surface area contributed by atoms with E-state index >= 15 is 0 Å². The number of hydrogen-bond donors (Lipinski definition) is 1. The molecule has 0 saturated carbocycles. The third-order valence-electron chi connectivity index (χ3n) is 2.38. The summed E-state index contributed by atoms with van der Waals surface area (Å²) in [6.07, 6.45) is 5.36. The van der Waals surface area contributed by atoms with Crippen molar-refractivity contribution < 1.29 is 9.53 Å². The van der Waals surface area contributed by atoms with Crippen LogP contribution in [0.5, 0.6) is 0 Å². The number of rotatable bonds is 3. The van der Waals surface area contributed by atoms with Gasteiger partial charge in [0.2, 0.25) is 0 Å². The minimum Gasteiger partial charge on any atom is -0.376 e. The van der Waals surface area contributed by atoms with Crippen LogP contribution in [0.3, 0.4) is 0 Å². The first-order valence-electron chi connectivity index (χ1n) is 5.08. The van der Waals surface area contributed by atoms with Crippen LogP contribution in [0.15, 0.2) is 18.5 Å². The van der Waals surface area contributed by atoms with E-state index in [9.17, 15) is 4.79 Å². The monoisotopic (exact) mass is 205 g/mol. The number of aromatic nitrogens is 1. The van der Waals surface area contributed by atoms with E-state index in [-0.39, 0.29) is 12.0 Å². The molecule has 1 atom stereocenters. The van der Waals surface area contributed by atoms with Crippen LogP contribution in [0.25, 0.3) is 0 Å². The number of ether oxygens (including phenoxy) is 1. The maximum absolute atomic E-state index is 11.6. The summed E-state index contributed by atoms with van der Waals surface area (Å²) in [5.74, 6) is -0.118. The number of carbonyl (C=O) groups is 1. The van der Waals surface area contributed by atoms with Crippen molar-refractivity contribution in [3.63, 3.8) is 0 Å². The first-order valence-corrected chi connectivity index (χ1v) is 5.08. The molecule has 0 bridgehead atoms. The number of amides is 1. The summed E-state index contributed by atoms with van der Waals surface area (Å²) in [6.45, 7) is 1.39. The Morgan fingerprint density at radius 3 is 3.33 bits per heavy atom. The summed E-state index contributed by atoms with van der Waals surface area (Å²) >= 11 is 0. The van der Waals surface area contributed by atoms with Gasteiger partial charge in [-0.1, -0.05) is 0 Å². The fourth-order valence-corrected chi connectivity index (χ4v) is 1.56. The van der Waals surface area contributed by atoms with Gasteiger partial charge in [-0.3, -0.25) is 9.78 Å². The fourth-order valence-electron chi connectivity index (χ4n) is 1.56. The van der Waals surface area contributed by atoms with E-state index in [0.29, 0.717) is 12.1 Å². The van der Waals surface area contributed by atoms with Crippen LogP contribution in [-0.4, -0.2) is 30.1 Å². The van der Waals surface area contributed by atoms with E-state index in [4.69, 9.17) is 4.74 Å². The first-order chi connectivity index (χ1) is 7.36. The van der Waals surface area contributed by atoms with E-state index in [2.05, 4.69) is 16.4 Å². The van der Waals surface area contributed by atoms with E-state index in [1.807, 2.05) is 0 Å². The Morgan fingerprint density at radius 1 is 1.73 bits per heavy atom. The zero-order chi connectivity index (χ0) is 10.5. The van der Waals surface area contributed by atoms with Gasteiger partial charge in [-0.25, -0.2) is 0 Å². The molecule has 1 aromatic rings. The van der Waals surface area contributed by atoms with Gasteiger partial charge >= 0.3 is 0 Å². The zero-order valence-electron chi connectivity index (χ0n) is 8.40. The summed E-state index contributed by atoms with van der Waals surface area (Å²) in [7, 11) is 0. The molecule has 15 heavy (non-hydrogen) atoms. The van der Waals surface area contributed by atoms with Crippen LogP contribution < -0.4 is 5.32 Å². The van der Waals surface area contributed by atoms with Crippen LogP contribution in [0.1, 0.15) is 23.2 Å². The highest BCUT2D eigenvalue weighted by atomic mass is 16.5. The SMILES string of the molecule is O=C(NCC1CCCO1)c1[c]cncc1. The molecule has 0 spiro atoms. The van der Waals surface area contributed by atoms with Crippen molar-refractivity contribution in [2.45, 2.75) is 18.9 Å². The quantitative estimate of drug-likeness (QED) is 0.793. The van der Waals surface area contributed by atoms with Crippen molar-refractivity contribution in [2.75, 3.05) is 13.2 Å². The van der Waals surface area contributed by atoms with Gasteiger partial charge < -0.3 is 10.1 Å². The maximum atomic E-state index is 11.6. The molecule has 1 unspecified atom stereocenters. The van der Waals surface area contributed by atoms with Gasteiger partial charge in [-0.05, 0) is 18.9 Å². The lowest BCUT2D eigenvalue weighted by molar-refractivity contribution is 0.0857. The standard InChI is InChI=1S/C11H13N2O2/c14-11(9-3-5-12-6-4-9)13-8-10-2-1-7-15-10/h3,5-6,10H,1-2,7-8H2,(H,13,14). The molecule has 1 fully saturated rings. The highest BCUT2D eigenvalue weighted by molar-refractivity contribution is 5.93. The molecular weight excluding hydrogens is 192 g/mol. The molecule has 1 aliphatic rings. The van der Waals surface area contributed by atoms with Crippen LogP contribution >= 0.6 is 0 Å². The Morgan fingerprint density at radius 2 is 2.67 bits per heavy atom. The maximum Gasteiger partial charge on any atom is 0.252 e. The largest absolute Gasteiger partial charge is 0.376 e. The normalized spacial score (nSPS) is 20.1. The molecule has 4 heteroatoms. The molecule has 0 aromatic carbocycles. The first kappa shape index (κ1) is 10.1. The van der Waals surface area contributed by atoms with Crippen molar-refractivity contribution in [2.24, 2.45) is 0 Å². The van der Waals surface area contributed by atoms with Crippen LogP contribution in [0.4, 0.5) is 0 Å². The summed E-state index contributed by atoms with van der Waals surface area (Å²) in [6, 6.07) is 4.42. The van der Waals surface area contributed by atoms with Crippen molar-refractivity contribution in [3.05, 3.63) is 30.1 Å². The molecule has 1 saturated heterocycles. The lowest BCUT2D eigenvalue weighted by Crippen LogP contribution is -2.31. The minimum atomic E-state index is -0.118. The molecule has 0 aliphatic carbocycles. The Labute approximate surface area is 88.7 Å². The lowest BCUT2D eigenvalue weighted by atomic mass is 10.2. The Kier molecular flexibility index (Phi) is 3.29. The Balaban J connectivity index is 1.82. The average Bonchev–Trinajstić information content (AvgIpc) is 2.80. The molecular formula is C11H13N2O2. The predicted molar refractivity (Wildman–Crippen MR) is 54.4 cm³/mol. The van der Waals surface area contributed by atoms with E-state index in [1.54, 1.807) is 12.3 Å². The van der Waals surface area contributed by atoms with Crippen LogP contribution in [0, 0.1) is 6.07 Å². The van der Waals surface area contributed by atoms with Gasteiger partial charge in [0, 0.05) is 31.6 Å². The van der Waals surface area contributed by atoms with Gasteiger partial charge in [0.05, 0.1) is 11.7 Å². The number of hydrogen-bond acceptors (Lipinski definition) is 3. The Hall–Kier alpha value is -1.42. The van der Waals surface area contributed by atoms with Gasteiger partial charge in [0.25, 0.3) is 5.91 Å². The van der Waals surface area contributed by atoms with E-state index < -0.39 is 0 Å². The van der Waals surface area contributed by atoms with Crippen molar-refractivity contribution in [3.8, 4) is 0 Å². The van der Waals surface area contributed by atoms with Gasteiger partial charge in [0.1, 0.15) is 0 Å². The summed E-state index contributed by atoms with van der Waals surface area (Å²) in [5, 5.41) is 2.82.